The van der Waals surface area contributed by atoms with Gasteiger partial charge in [0.1, 0.15) is 17.9 Å². The molecule has 0 aliphatic heterocycles. The van der Waals surface area contributed by atoms with Crippen LogP contribution in [0.1, 0.15) is 0 Å². The third kappa shape index (κ3) is 3.59. The lowest BCUT2D eigenvalue weighted by Crippen LogP contribution is -2.19. The number of aromatic nitrogens is 2. The maximum atomic E-state index is 13.6. The number of aromatic amines is 1. The molecule has 0 saturated carbocycles. The van der Waals surface area contributed by atoms with E-state index in [1.807, 2.05) is 43.3 Å². The summed E-state index contributed by atoms with van der Waals surface area (Å²) < 4.78 is 38.4. The molecule has 0 spiro atoms. The first-order valence-electron chi connectivity index (χ1n) is 9.48. The number of hydrogen-bond acceptors (Lipinski definition) is 6. The molecule has 7 nitrogen and oxygen atoms in total. The first-order valence-corrected chi connectivity index (χ1v) is 11.0. The third-order valence-electron chi connectivity index (χ3n) is 4.90. The highest BCUT2D eigenvalue weighted by Gasteiger charge is 2.26. The quantitative estimate of drug-likeness (QED) is 0.488. The Hall–Kier alpha value is -3.10. The molecule has 0 bridgehead atoms. The van der Waals surface area contributed by atoms with E-state index >= 15 is 0 Å². The van der Waals surface area contributed by atoms with Gasteiger partial charge in [0.25, 0.3) is 0 Å². The lowest BCUT2D eigenvalue weighted by molar-refractivity contribution is 0.262. The SMILES string of the molecule is COc1cc(OCCN(C)C)c2n[nH]c(S(=O)(=O)c3cccc4ccccc34)c2c1. The zero-order valence-electron chi connectivity index (χ0n) is 17.0. The molecule has 0 fully saturated rings. The molecule has 1 heterocycles. The number of rotatable bonds is 7. The van der Waals surface area contributed by atoms with Gasteiger partial charge in [-0.2, -0.15) is 5.10 Å². The fourth-order valence-corrected chi connectivity index (χ4v) is 4.91. The summed E-state index contributed by atoms with van der Waals surface area (Å²) in [6.45, 7) is 1.15. The van der Waals surface area contributed by atoms with Gasteiger partial charge < -0.3 is 14.4 Å². The van der Waals surface area contributed by atoms with Crippen molar-refractivity contribution >= 4 is 31.5 Å². The topological polar surface area (TPSA) is 84.5 Å². The average Bonchev–Trinajstić information content (AvgIpc) is 3.18. The minimum atomic E-state index is -3.86. The highest BCUT2D eigenvalue weighted by atomic mass is 32.2. The van der Waals surface area contributed by atoms with Gasteiger partial charge >= 0.3 is 0 Å². The van der Waals surface area contributed by atoms with Gasteiger partial charge in [-0.15, -0.1) is 0 Å². The van der Waals surface area contributed by atoms with Gasteiger partial charge in [0.2, 0.25) is 9.84 Å². The van der Waals surface area contributed by atoms with Crippen LogP contribution < -0.4 is 9.47 Å². The van der Waals surface area contributed by atoms with Crippen molar-refractivity contribution in [1.29, 1.82) is 0 Å². The average molecular weight is 426 g/mol. The zero-order chi connectivity index (χ0) is 21.3. The van der Waals surface area contributed by atoms with E-state index in [9.17, 15) is 8.42 Å². The summed E-state index contributed by atoms with van der Waals surface area (Å²) in [5.41, 5.74) is 0.452. The lowest BCUT2D eigenvalue weighted by atomic mass is 10.1. The second-order valence-electron chi connectivity index (χ2n) is 7.21. The third-order valence-corrected chi connectivity index (χ3v) is 6.69. The van der Waals surface area contributed by atoms with Crippen LogP contribution in [0.15, 0.2) is 64.5 Å². The van der Waals surface area contributed by atoms with Gasteiger partial charge in [0.05, 0.1) is 12.0 Å². The molecule has 30 heavy (non-hydrogen) atoms. The Bertz CT molecular complexity index is 1310. The van der Waals surface area contributed by atoms with Gasteiger partial charge in [-0.1, -0.05) is 36.4 Å². The van der Waals surface area contributed by atoms with Crippen LogP contribution in [0.2, 0.25) is 0 Å². The minimum Gasteiger partial charge on any atom is -0.497 e. The Morgan fingerprint density at radius 3 is 2.57 bits per heavy atom. The van der Waals surface area contributed by atoms with E-state index in [-0.39, 0.29) is 9.92 Å². The Morgan fingerprint density at radius 1 is 1.03 bits per heavy atom. The van der Waals surface area contributed by atoms with Crippen molar-refractivity contribution in [3.63, 3.8) is 0 Å². The summed E-state index contributed by atoms with van der Waals surface area (Å²) in [6.07, 6.45) is 0. The molecular formula is C22H23N3O4S. The Morgan fingerprint density at radius 2 is 1.80 bits per heavy atom. The summed E-state index contributed by atoms with van der Waals surface area (Å²) in [5, 5.41) is 8.96. The molecule has 3 aromatic carbocycles. The Balaban J connectivity index is 1.86. The number of H-pyrrole nitrogens is 1. The van der Waals surface area contributed by atoms with E-state index in [0.29, 0.717) is 40.9 Å². The van der Waals surface area contributed by atoms with E-state index in [1.54, 1.807) is 30.3 Å². The van der Waals surface area contributed by atoms with E-state index in [2.05, 4.69) is 10.2 Å². The first kappa shape index (κ1) is 20.2. The predicted octanol–water partition coefficient (Wildman–Crippen LogP) is 3.50. The van der Waals surface area contributed by atoms with Gasteiger partial charge in [-0.05, 0) is 31.6 Å². The largest absolute Gasteiger partial charge is 0.497 e. The monoisotopic (exact) mass is 425 g/mol. The van der Waals surface area contributed by atoms with Crippen LogP contribution in [0, 0.1) is 0 Å². The van der Waals surface area contributed by atoms with Crippen molar-refractivity contribution in [3.05, 3.63) is 54.6 Å². The van der Waals surface area contributed by atoms with Gasteiger partial charge in [0, 0.05) is 23.4 Å². The molecule has 0 aliphatic carbocycles. The Labute approximate surface area is 175 Å². The van der Waals surface area contributed by atoms with Crippen LogP contribution in [0.4, 0.5) is 0 Å². The molecular weight excluding hydrogens is 402 g/mol. The van der Waals surface area contributed by atoms with E-state index in [1.165, 1.54) is 7.11 Å². The van der Waals surface area contributed by atoms with Crippen molar-refractivity contribution in [2.75, 3.05) is 34.4 Å². The molecule has 0 atom stereocenters. The second-order valence-corrected chi connectivity index (χ2v) is 9.06. The van der Waals surface area contributed by atoms with Crippen molar-refractivity contribution in [2.45, 2.75) is 9.92 Å². The molecule has 4 rings (SSSR count). The van der Waals surface area contributed by atoms with Crippen LogP contribution in [0.25, 0.3) is 21.7 Å². The number of fused-ring (bicyclic) bond motifs is 2. The maximum absolute atomic E-state index is 13.6. The summed E-state index contributed by atoms with van der Waals surface area (Å²) in [6, 6.07) is 16.0. The second kappa shape index (κ2) is 7.97. The first-order chi connectivity index (χ1) is 14.4. The zero-order valence-corrected chi connectivity index (χ0v) is 17.9. The molecule has 8 heteroatoms. The molecule has 0 unspecified atom stereocenters. The Kier molecular flexibility index (Phi) is 5.36. The van der Waals surface area contributed by atoms with Crippen molar-refractivity contribution < 1.29 is 17.9 Å². The molecule has 1 aromatic heterocycles. The van der Waals surface area contributed by atoms with Gasteiger partial charge in [-0.3, -0.25) is 5.10 Å². The van der Waals surface area contributed by atoms with Crippen molar-refractivity contribution in [2.24, 2.45) is 0 Å². The lowest BCUT2D eigenvalue weighted by Gasteiger charge is -2.12. The van der Waals surface area contributed by atoms with E-state index < -0.39 is 9.84 Å². The van der Waals surface area contributed by atoms with Crippen LogP contribution in [0.3, 0.4) is 0 Å². The van der Waals surface area contributed by atoms with Gasteiger partial charge in [-0.25, -0.2) is 8.42 Å². The van der Waals surface area contributed by atoms with Crippen LogP contribution in [-0.4, -0.2) is 57.9 Å². The fourth-order valence-electron chi connectivity index (χ4n) is 3.35. The standard InChI is InChI=1S/C22H23N3O4S/c1-25(2)11-12-29-19-14-16(28-3)13-18-21(19)23-24-22(18)30(26,27)20-10-6-8-15-7-4-5-9-17(15)20/h4-10,13-14H,11-12H2,1-3H3,(H,23,24). The fraction of sp³-hybridized carbons (Fsp3) is 0.227. The highest BCUT2D eigenvalue weighted by Crippen LogP contribution is 2.36. The van der Waals surface area contributed by atoms with Crippen LogP contribution in [-0.2, 0) is 9.84 Å². The summed E-state index contributed by atoms with van der Waals surface area (Å²) in [4.78, 5) is 2.22. The van der Waals surface area contributed by atoms with Crippen molar-refractivity contribution in [1.82, 2.24) is 15.1 Å². The summed E-state index contributed by atoms with van der Waals surface area (Å²) >= 11 is 0. The minimum absolute atomic E-state index is 0.0187. The van der Waals surface area contributed by atoms with E-state index in [4.69, 9.17) is 9.47 Å². The number of ether oxygens (including phenoxy) is 2. The summed E-state index contributed by atoms with van der Waals surface area (Å²) in [5.74, 6) is 0.972. The van der Waals surface area contributed by atoms with Crippen LogP contribution >= 0.6 is 0 Å². The number of sulfone groups is 1. The number of hydrogen-bond donors (Lipinski definition) is 1. The molecule has 0 amide bonds. The molecule has 4 aromatic rings. The van der Waals surface area contributed by atoms with Gasteiger partial charge in [0.15, 0.2) is 10.8 Å². The highest BCUT2D eigenvalue weighted by molar-refractivity contribution is 7.91. The number of nitrogens with zero attached hydrogens (tertiary/aromatic N) is 2. The molecule has 0 radical (unpaired) electrons. The van der Waals surface area contributed by atoms with E-state index in [0.717, 1.165) is 5.39 Å². The molecule has 0 saturated heterocycles. The molecule has 0 aliphatic rings. The molecule has 156 valence electrons. The number of nitrogens with one attached hydrogen (secondary N) is 1. The number of methoxy groups -OCH3 is 1. The predicted molar refractivity (Wildman–Crippen MR) is 116 cm³/mol. The van der Waals surface area contributed by atoms with Crippen LogP contribution in [0.5, 0.6) is 11.5 Å². The molecule has 1 N–H and O–H groups in total. The van der Waals surface area contributed by atoms with Crippen molar-refractivity contribution in [3.8, 4) is 11.5 Å². The maximum Gasteiger partial charge on any atom is 0.224 e. The number of benzene rings is 3. The smallest absolute Gasteiger partial charge is 0.224 e. The summed E-state index contributed by atoms with van der Waals surface area (Å²) in [7, 11) is 1.57. The number of likely N-dealkylation sites (N-methyl/N-ethyl adjacent to an activating group) is 1. The normalized spacial score (nSPS) is 12.0.